The lowest BCUT2D eigenvalue weighted by Crippen LogP contribution is -2.54. The van der Waals surface area contributed by atoms with Crippen LogP contribution < -0.4 is 15.4 Å². The van der Waals surface area contributed by atoms with E-state index < -0.39 is 0 Å². The third kappa shape index (κ3) is 5.82. The van der Waals surface area contributed by atoms with Crippen molar-refractivity contribution in [3.63, 3.8) is 0 Å². The van der Waals surface area contributed by atoms with Crippen molar-refractivity contribution in [1.29, 1.82) is 0 Å². The van der Waals surface area contributed by atoms with Crippen LogP contribution >= 0.6 is 0 Å². The lowest BCUT2D eigenvalue weighted by Gasteiger charge is -2.42. The van der Waals surface area contributed by atoms with Crippen molar-refractivity contribution in [2.24, 2.45) is 0 Å². The molecular weight excluding hydrogens is 446 g/mol. The molecule has 0 radical (unpaired) electrons. The molecule has 2 heterocycles. The van der Waals surface area contributed by atoms with Crippen LogP contribution in [0.5, 0.6) is 5.75 Å². The Bertz CT molecular complexity index is 1070. The summed E-state index contributed by atoms with van der Waals surface area (Å²) in [7, 11) is 1.77. The maximum atomic E-state index is 13.3. The fourth-order valence-corrected chi connectivity index (χ4v) is 4.69. The molecule has 4 rings (SSSR count). The average molecular weight is 480 g/mol. The van der Waals surface area contributed by atoms with Gasteiger partial charge in [0, 0.05) is 19.2 Å². The lowest BCUT2D eigenvalue weighted by atomic mass is 9.94. The summed E-state index contributed by atoms with van der Waals surface area (Å²) in [6, 6.07) is 14.7. The highest BCUT2D eigenvalue weighted by atomic mass is 16.5. The Labute approximate surface area is 206 Å². The minimum absolute atomic E-state index is 0.0620. The summed E-state index contributed by atoms with van der Waals surface area (Å²) in [6.45, 7) is 4.01. The molecule has 0 saturated carbocycles. The smallest absolute Gasteiger partial charge is 0.257 e. The number of carbonyl (C=O) groups is 3. The van der Waals surface area contributed by atoms with Gasteiger partial charge in [-0.25, -0.2) is 0 Å². The van der Waals surface area contributed by atoms with E-state index in [9.17, 15) is 14.4 Å². The summed E-state index contributed by atoms with van der Waals surface area (Å²) in [5.41, 5.74) is 2.03. The van der Waals surface area contributed by atoms with Crippen molar-refractivity contribution in [3.05, 3.63) is 59.7 Å². The number of likely N-dealkylation sites (N-methyl/N-ethyl adjacent to an activating group) is 1. The van der Waals surface area contributed by atoms with Gasteiger partial charge in [-0.05, 0) is 43.5 Å². The molecule has 0 unspecified atom stereocenters. The molecular formula is C27H33N3O5. The number of anilines is 1. The summed E-state index contributed by atoms with van der Waals surface area (Å²) >= 11 is 0. The van der Waals surface area contributed by atoms with E-state index in [0.717, 1.165) is 5.56 Å². The molecule has 2 N–H and O–H groups in total. The van der Waals surface area contributed by atoms with E-state index >= 15 is 0 Å². The summed E-state index contributed by atoms with van der Waals surface area (Å²) in [5.74, 6) is 0.0909. The van der Waals surface area contributed by atoms with Gasteiger partial charge in [0.2, 0.25) is 11.8 Å². The molecule has 1 saturated heterocycles. The first-order chi connectivity index (χ1) is 16.9. The van der Waals surface area contributed by atoms with Gasteiger partial charge < -0.3 is 25.0 Å². The third-order valence-electron chi connectivity index (χ3n) is 6.71. The predicted molar refractivity (Wildman–Crippen MR) is 132 cm³/mol. The maximum absolute atomic E-state index is 13.3. The van der Waals surface area contributed by atoms with E-state index in [2.05, 4.69) is 10.6 Å². The molecule has 2 aliphatic rings. The minimum Gasteiger partial charge on any atom is -0.490 e. The second-order valence-electron chi connectivity index (χ2n) is 9.18. The number of fused-ring (bicyclic) bond motifs is 2. The number of hydrogen-bond acceptors (Lipinski definition) is 5. The van der Waals surface area contributed by atoms with E-state index in [1.165, 1.54) is 0 Å². The van der Waals surface area contributed by atoms with Gasteiger partial charge >= 0.3 is 0 Å². The van der Waals surface area contributed by atoms with Crippen LogP contribution in [-0.4, -0.2) is 54.5 Å². The van der Waals surface area contributed by atoms with Gasteiger partial charge in [-0.15, -0.1) is 0 Å². The van der Waals surface area contributed by atoms with Crippen LogP contribution in [-0.2, 0) is 14.3 Å². The van der Waals surface area contributed by atoms with Crippen molar-refractivity contribution in [2.45, 2.75) is 63.8 Å². The zero-order valence-corrected chi connectivity index (χ0v) is 20.5. The van der Waals surface area contributed by atoms with Gasteiger partial charge in [-0.3, -0.25) is 14.4 Å². The molecule has 35 heavy (non-hydrogen) atoms. The van der Waals surface area contributed by atoms with E-state index in [-0.39, 0.29) is 55.0 Å². The molecule has 8 heteroatoms. The van der Waals surface area contributed by atoms with Crippen molar-refractivity contribution >= 4 is 23.4 Å². The van der Waals surface area contributed by atoms with E-state index in [0.29, 0.717) is 36.3 Å². The molecule has 2 aromatic rings. The molecule has 186 valence electrons. The molecule has 2 aliphatic heterocycles. The quantitative estimate of drug-likeness (QED) is 0.659. The molecule has 3 amide bonds. The highest BCUT2D eigenvalue weighted by Gasteiger charge is 2.39. The second-order valence-corrected chi connectivity index (χ2v) is 9.18. The van der Waals surface area contributed by atoms with E-state index in [4.69, 9.17) is 9.47 Å². The van der Waals surface area contributed by atoms with E-state index in [1.807, 2.05) is 37.3 Å². The number of hydrogen-bond donors (Lipinski definition) is 2. The van der Waals surface area contributed by atoms with Crippen molar-refractivity contribution in [3.8, 4) is 5.75 Å². The van der Waals surface area contributed by atoms with E-state index in [1.54, 1.807) is 37.1 Å². The largest absolute Gasteiger partial charge is 0.490 e. The monoisotopic (exact) mass is 479 g/mol. The van der Waals surface area contributed by atoms with Gasteiger partial charge in [0.25, 0.3) is 5.91 Å². The van der Waals surface area contributed by atoms with Crippen molar-refractivity contribution in [2.75, 3.05) is 19.0 Å². The molecule has 1 fully saturated rings. The van der Waals surface area contributed by atoms with Crippen LogP contribution in [0.1, 0.15) is 61.5 Å². The molecule has 0 aliphatic carbocycles. The van der Waals surface area contributed by atoms with Crippen LogP contribution in [0.25, 0.3) is 0 Å². The third-order valence-corrected chi connectivity index (χ3v) is 6.71. The van der Waals surface area contributed by atoms with Crippen LogP contribution in [0, 0.1) is 0 Å². The first-order valence-corrected chi connectivity index (χ1v) is 12.2. The Morgan fingerprint density at radius 2 is 1.89 bits per heavy atom. The Morgan fingerprint density at radius 1 is 1.11 bits per heavy atom. The number of ether oxygens (including phenoxy) is 2. The number of benzene rings is 2. The van der Waals surface area contributed by atoms with Crippen molar-refractivity contribution in [1.82, 2.24) is 10.2 Å². The molecule has 0 bridgehead atoms. The first-order valence-electron chi connectivity index (χ1n) is 12.2. The average Bonchev–Trinajstić information content (AvgIpc) is 2.86. The SMILES string of the molecule is CCC(=O)Nc1ccc2c(c1)C(=O)N(C)[C@H]1CC[C@@H](CC(=O)N[C@@H](C)c3ccccc3)O[C@@H]1CO2. The number of rotatable bonds is 6. The fraction of sp³-hybridized carbons (Fsp3) is 0.444. The number of nitrogens with one attached hydrogen (secondary N) is 2. The van der Waals surface area contributed by atoms with Crippen LogP contribution in [0.4, 0.5) is 5.69 Å². The lowest BCUT2D eigenvalue weighted by molar-refractivity contribution is -0.134. The minimum atomic E-state index is -0.338. The van der Waals surface area contributed by atoms with Gasteiger partial charge in [0.05, 0.1) is 30.2 Å². The summed E-state index contributed by atoms with van der Waals surface area (Å²) in [4.78, 5) is 39.4. The number of nitrogens with zero attached hydrogens (tertiary/aromatic N) is 1. The number of carbonyl (C=O) groups excluding carboxylic acids is 3. The van der Waals surface area contributed by atoms with Gasteiger partial charge in [0.15, 0.2) is 0 Å². The highest BCUT2D eigenvalue weighted by molar-refractivity contribution is 5.99. The molecule has 4 atom stereocenters. The van der Waals surface area contributed by atoms with Crippen LogP contribution in [0.3, 0.4) is 0 Å². The Kier molecular flexibility index (Phi) is 7.70. The first kappa shape index (κ1) is 24.7. The highest BCUT2D eigenvalue weighted by Crippen LogP contribution is 2.32. The Hall–Kier alpha value is -3.39. The topological polar surface area (TPSA) is 97.0 Å². The van der Waals surface area contributed by atoms with Gasteiger partial charge in [0.1, 0.15) is 18.5 Å². The van der Waals surface area contributed by atoms with Crippen LogP contribution in [0.2, 0.25) is 0 Å². The Morgan fingerprint density at radius 3 is 2.63 bits per heavy atom. The normalized spacial score (nSPS) is 22.5. The van der Waals surface area contributed by atoms with Gasteiger partial charge in [-0.1, -0.05) is 37.3 Å². The number of amides is 3. The summed E-state index contributed by atoms with van der Waals surface area (Å²) in [6.07, 6.45) is 1.42. The molecule has 0 spiro atoms. The second kappa shape index (κ2) is 10.9. The zero-order valence-electron chi connectivity index (χ0n) is 20.5. The molecule has 0 aromatic heterocycles. The predicted octanol–water partition coefficient (Wildman–Crippen LogP) is 3.68. The molecule has 2 aromatic carbocycles. The fourth-order valence-electron chi connectivity index (χ4n) is 4.69. The summed E-state index contributed by atoms with van der Waals surface area (Å²) in [5, 5.41) is 5.83. The zero-order chi connectivity index (χ0) is 24.9. The molecule has 8 nitrogen and oxygen atoms in total. The standard InChI is InChI=1S/C27H33N3O5/c1-4-25(31)29-19-10-13-23-21(14-19)27(33)30(3)22-12-11-20(35-24(22)16-34-23)15-26(32)28-17(2)18-8-6-5-7-9-18/h5-10,13-14,17,20,22,24H,4,11-12,15-16H2,1-3H3,(H,28,32)(H,29,31)/t17-,20-,22-,24+/m0/s1. The van der Waals surface area contributed by atoms with Gasteiger partial charge in [-0.2, -0.15) is 0 Å². The van der Waals surface area contributed by atoms with Crippen LogP contribution in [0.15, 0.2) is 48.5 Å². The van der Waals surface area contributed by atoms with Crippen molar-refractivity contribution < 1.29 is 23.9 Å². The summed E-state index contributed by atoms with van der Waals surface area (Å²) < 4.78 is 12.3. The Balaban J connectivity index is 1.40. The maximum Gasteiger partial charge on any atom is 0.257 e.